The van der Waals surface area contributed by atoms with Crippen molar-refractivity contribution in [3.63, 3.8) is 0 Å². The molecule has 252 valence electrons. The molecule has 0 atom stereocenters. The average Bonchev–Trinajstić information content (AvgIpc) is 3.57. The zero-order valence-electron chi connectivity index (χ0n) is 28.9. The van der Waals surface area contributed by atoms with Crippen LogP contribution in [0.3, 0.4) is 0 Å². The lowest BCUT2D eigenvalue weighted by Gasteiger charge is -2.33. The lowest BCUT2D eigenvalue weighted by Crippen LogP contribution is -2.16. The SMILES string of the molecule is c1ccc(-c2ccnc(N3c4cc5c(cc4-c4cccc6cccc3c46)c3cc(-c4ccccn4)ccc3n5-c3cc(-c4ccccn4)ccn3)c2)nc1. The number of fused-ring (bicyclic) bond motifs is 5. The number of aromatic nitrogens is 6. The summed E-state index contributed by atoms with van der Waals surface area (Å²) in [5, 5.41) is 4.61. The molecule has 11 rings (SSSR count). The number of hydrogen-bond acceptors (Lipinski definition) is 6. The van der Waals surface area contributed by atoms with E-state index in [2.05, 4.69) is 104 Å². The Bertz CT molecular complexity index is 3040. The number of hydrogen-bond donors (Lipinski definition) is 0. The Morgan fingerprint density at radius 2 is 0.981 bits per heavy atom. The van der Waals surface area contributed by atoms with Crippen molar-refractivity contribution in [2.75, 3.05) is 4.90 Å². The van der Waals surface area contributed by atoms with Gasteiger partial charge in [-0.25, -0.2) is 9.97 Å². The molecular weight excluding hydrogens is 663 g/mol. The summed E-state index contributed by atoms with van der Waals surface area (Å²) in [5.41, 5.74) is 12.3. The van der Waals surface area contributed by atoms with Crippen LogP contribution < -0.4 is 4.90 Å². The monoisotopic (exact) mass is 691 g/mol. The van der Waals surface area contributed by atoms with Crippen LogP contribution in [0.15, 0.2) is 177 Å². The van der Waals surface area contributed by atoms with Gasteiger partial charge in [-0.3, -0.25) is 24.4 Å². The maximum Gasteiger partial charge on any atom is 0.138 e. The molecule has 0 saturated heterocycles. The largest absolute Gasteiger partial charge is 0.294 e. The highest BCUT2D eigenvalue weighted by Gasteiger charge is 2.29. The molecule has 0 unspecified atom stereocenters. The van der Waals surface area contributed by atoms with Gasteiger partial charge in [0.2, 0.25) is 0 Å². The molecule has 0 spiro atoms. The van der Waals surface area contributed by atoms with Gasteiger partial charge in [-0.05, 0) is 102 Å². The van der Waals surface area contributed by atoms with Crippen LogP contribution in [0, 0.1) is 0 Å². The van der Waals surface area contributed by atoms with Crippen molar-refractivity contribution in [1.82, 2.24) is 29.5 Å². The molecule has 0 N–H and O–H groups in total. The third-order valence-corrected chi connectivity index (χ3v) is 10.4. The second-order valence-corrected chi connectivity index (χ2v) is 13.4. The first-order chi connectivity index (χ1) is 26.8. The highest BCUT2D eigenvalue weighted by molar-refractivity contribution is 6.19. The van der Waals surface area contributed by atoms with Gasteiger partial charge in [0.15, 0.2) is 0 Å². The van der Waals surface area contributed by atoms with Crippen molar-refractivity contribution in [1.29, 1.82) is 0 Å². The maximum atomic E-state index is 5.01. The van der Waals surface area contributed by atoms with Crippen LogP contribution in [0.5, 0.6) is 0 Å². The third-order valence-electron chi connectivity index (χ3n) is 10.4. The molecular formula is C47H29N7. The lowest BCUT2D eigenvalue weighted by atomic mass is 9.90. The zero-order chi connectivity index (χ0) is 35.6. The lowest BCUT2D eigenvalue weighted by molar-refractivity contribution is 1.08. The summed E-state index contributed by atoms with van der Waals surface area (Å²) < 4.78 is 2.27. The number of benzene rings is 4. The molecule has 0 amide bonds. The fourth-order valence-corrected chi connectivity index (χ4v) is 7.97. The maximum absolute atomic E-state index is 5.01. The third kappa shape index (κ3) is 4.72. The van der Waals surface area contributed by atoms with E-state index in [9.17, 15) is 0 Å². The molecule has 0 fully saturated rings. The normalized spacial score (nSPS) is 12.0. The van der Waals surface area contributed by atoms with Crippen LogP contribution >= 0.6 is 0 Å². The van der Waals surface area contributed by atoms with E-state index in [0.29, 0.717) is 0 Å². The first-order valence-corrected chi connectivity index (χ1v) is 17.9. The number of nitrogens with zero attached hydrogens (tertiary/aromatic N) is 7. The quantitative estimate of drug-likeness (QED) is 0.179. The molecule has 1 aliphatic rings. The molecule has 7 nitrogen and oxygen atoms in total. The molecule has 4 aromatic carbocycles. The number of pyridine rings is 5. The van der Waals surface area contributed by atoms with E-state index >= 15 is 0 Å². The van der Waals surface area contributed by atoms with Crippen LogP contribution in [-0.4, -0.2) is 29.5 Å². The molecule has 7 heteroatoms. The van der Waals surface area contributed by atoms with E-state index in [0.717, 1.165) is 84.2 Å². The Hall–Kier alpha value is -7.51. The van der Waals surface area contributed by atoms with Crippen molar-refractivity contribution in [3.8, 4) is 50.7 Å². The van der Waals surface area contributed by atoms with E-state index in [1.807, 2.05) is 91.6 Å². The number of anilines is 3. The molecule has 10 aromatic rings. The van der Waals surface area contributed by atoms with Gasteiger partial charge in [0, 0.05) is 69.4 Å². The summed E-state index contributed by atoms with van der Waals surface area (Å²) in [4.78, 5) is 26.3. The second-order valence-electron chi connectivity index (χ2n) is 13.4. The Morgan fingerprint density at radius 3 is 1.65 bits per heavy atom. The van der Waals surface area contributed by atoms with Crippen LogP contribution in [0.1, 0.15) is 0 Å². The highest BCUT2D eigenvalue weighted by atomic mass is 15.2. The zero-order valence-corrected chi connectivity index (χ0v) is 28.9. The highest BCUT2D eigenvalue weighted by Crippen LogP contribution is 2.53. The van der Waals surface area contributed by atoms with E-state index in [1.54, 1.807) is 0 Å². The van der Waals surface area contributed by atoms with Gasteiger partial charge in [0.05, 0.1) is 39.5 Å². The topological polar surface area (TPSA) is 72.6 Å². The summed E-state index contributed by atoms with van der Waals surface area (Å²) in [6.45, 7) is 0. The van der Waals surface area contributed by atoms with Crippen molar-refractivity contribution in [3.05, 3.63) is 177 Å². The second kappa shape index (κ2) is 12.0. The van der Waals surface area contributed by atoms with Gasteiger partial charge in [-0.2, -0.15) is 0 Å². The van der Waals surface area contributed by atoms with Gasteiger partial charge in [-0.1, -0.05) is 54.6 Å². The first kappa shape index (κ1) is 30.1. The van der Waals surface area contributed by atoms with Gasteiger partial charge < -0.3 is 0 Å². The standard InChI is InChI=1S/C47H29N7/c1-4-20-48-38(12-1)31-16-17-41-35(25-31)37-28-36-34-11-7-9-30-10-8-15-42(47(30)34)54(46-27-33(19-24-52-46)40-14-3-6-22-50-40)43(36)29-44(37)53(41)45-26-32(18-23-51-45)39-13-2-5-21-49-39/h1-29H. The van der Waals surface area contributed by atoms with E-state index < -0.39 is 0 Å². The van der Waals surface area contributed by atoms with Crippen molar-refractivity contribution < 1.29 is 0 Å². The molecule has 0 saturated carbocycles. The fraction of sp³-hybridized carbons (Fsp3) is 0. The minimum Gasteiger partial charge on any atom is -0.294 e. The van der Waals surface area contributed by atoms with Crippen molar-refractivity contribution in [2.45, 2.75) is 0 Å². The summed E-state index contributed by atoms with van der Waals surface area (Å²) in [6.07, 6.45) is 9.24. The predicted octanol–water partition coefficient (Wildman–Crippen LogP) is 11.4. The van der Waals surface area contributed by atoms with Crippen molar-refractivity contribution >= 4 is 49.8 Å². The minimum absolute atomic E-state index is 0.809. The Balaban J connectivity index is 1.23. The van der Waals surface area contributed by atoms with Crippen LogP contribution in [-0.2, 0) is 0 Å². The molecule has 6 aromatic heterocycles. The Labute approximate surface area is 310 Å². The molecule has 7 heterocycles. The van der Waals surface area contributed by atoms with Crippen LogP contribution in [0.4, 0.5) is 17.2 Å². The number of rotatable bonds is 5. The molecule has 0 radical (unpaired) electrons. The average molecular weight is 692 g/mol. The minimum atomic E-state index is 0.809. The van der Waals surface area contributed by atoms with E-state index in [4.69, 9.17) is 15.0 Å². The predicted molar refractivity (Wildman–Crippen MR) is 217 cm³/mol. The molecule has 0 aliphatic carbocycles. The van der Waals surface area contributed by atoms with Crippen LogP contribution in [0.25, 0.3) is 83.3 Å². The summed E-state index contributed by atoms with van der Waals surface area (Å²) >= 11 is 0. The Kier molecular flexibility index (Phi) is 6.72. The van der Waals surface area contributed by atoms with E-state index in [-0.39, 0.29) is 0 Å². The van der Waals surface area contributed by atoms with Gasteiger partial charge in [-0.15, -0.1) is 0 Å². The Morgan fingerprint density at radius 1 is 0.370 bits per heavy atom. The molecule has 0 bridgehead atoms. The molecule has 1 aliphatic heterocycles. The smallest absolute Gasteiger partial charge is 0.138 e. The van der Waals surface area contributed by atoms with Crippen molar-refractivity contribution in [2.24, 2.45) is 0 Å². The summed E-state index contributed by atoms with van der Waals surface area (Å²) in [5.74, 6) is 1.62. The summed E-state index contributed by atoms with van der Waals surface area (Å²) in [7, 11) is 0. The van der Waals surface area contributed by atoms with Gasteiger partial charge in [0.25, 0.3) is 0 Å². The summed E-state index contributed by atoms with van der Waals surface area (Å²) in [6, 6.07) is 50.7. The first-order valence-electron chi connectivity index (χ1n) is 17.9. The van der Waals surface area contributed by atoms with Gasteiger partial charge >= 0.3 is 0 Å². The van der Waals surface area contributed by atoms with E-state index in [1.165, 1.54) is 16.3 Å². The fourth-order valence-electron chi connectivity index (χ4n) is 7.97. The molecule has 54 heavy (non-hydrogen) atoms. The van der Waals surface area contributed by atoms with Crippen LogP contribution in [0.2, 0.25) is 0 Å². The van der Waals surface area contributed by atoms with Gasteiger partial charge in [0.1, 0.15) is 11.6 Å².